The molecule has 5 atom stereocenters. The lowest BCUT2D eigenvalue weighted by molar-refractivity contribution is -0.170. The molecule has 0 spiro atoms. The number of ether oxygens (including phenoxy) is 2. The molecule has 0 bridgehead atoms. The number of nitrogens with two attached hydrogens (primary N) is 1. The fourth-order valence-electron chi connectivity index (χ4n) is 4.58. The summed E-state index contributed by atoms with van der Waals surface area (Å²) in [4.78, 5) is 55.6. The number of thioether (sulfide) groups is 1. The number of hydrogen-bond donors (Lipinski definition) is 1. The SMILES string of the molecule is CC(OC(=O)N(CC(=O)C1(N)C(=O)N2C(C(=O)OCC(Cl)(Cl)Cl)C(C)(CBr)S[C@H]21)c1ccccc1)C1CC1. The van der Waals surface area contributed by atoms with Gasteiger partial charge in [0.25, 0.3) is 5.91 Å². The minimum absolute atomic E-state index is 0.282. The number of hydrogen-bond acceptors (Lipinski definition) is 8. The smallest absolute Gasteiger partial charge is 0.414 e. The number of β-lactam (4-membered cyclic amide) rings is 1. The maximum absolute atomic E-state index is 13.6. The minimum Gasteiger partial charge on any atom is -0.460 e. The van der Waals surface area contributed by atoms with E-state index in [1.165, 1.54) is 21.6 Å². The van der Waals surface area contributed by atoms with Gasteiger partial charge >= 0.3 is 12.1 Å². The first-order valence-electron chi connectivity index (χ1n) is 11.9. The van der Waals surface area contributed by atoms with Gasteiger partial charge in [0.15, 0.2) is 11.3 Å². The van der Waals surface area contributed by atoms with E-state index in [9.17, 15) is 19.2 Å². The zero-order chi connectivity index (χ0) is 28.0. The summed E-state index contributed by atoms with van der Waals surface area (Å²) in [5, 5.41) is -0.584. The van der Waals surface area contributed by atoms with Crippen molar-refractivity contribution in [2.24, 2.45) is 11.7 Å². The van der Waals surface area contributed by atoms with Crippen LogP contribution >= 0.6 is 62.5 Å². The van der Waals surface area contributed by atoms with Crippen LogP contribution in [0.4, 0.5) is 10.5 Å². The molecule has 0 aromatic heterocycles. The Hall–Kier alpha value is -1.24. The monoisotopic (exact) mass is 669 g/mol. The van der Waals surface area contributed by atoms with Crippen molar-refractivity contribution < 1.29 is 28.7 Å². The molecule has 38 heavy (non-hydrogen) atoms. The van der Waals surface area contributed by atoms with Crippen LogP contribution in [0.1, 0.15) is 26.7 Å². The molecule has 3 aliphatic rings. The second-order valence-corrected chi connectivity index (χ2v) is 14.6. The van der Waals surface area contributed by atoms with Crippen molar-refractivity contribution in [2.45, 2.75) is 58.3 Å². The maximum Gasteiger partial charge on any atom is 0.414 e. The summed E-state index contributed by atoms with van der Waals surface area (Å²) in [6, 6.07) is 7.48. The van der Waals surface area contributed by atoms with Crippen molar-refractivity contribution in [1.82, 2.24) is 4.90 Å². The zero-order valence-corrected chi connectivity index (χ0v) is 25.2. The standard InChI is InChI=1S/C24H27BrCl3N3O6S/c1-13(14-8-9-14)37-21(35)30(15-6-4-3-5-7-15)10-16(32)24(29)19(34)31-17(18(33)36-12-23(26,27)28)22(2,11-25)38-20(24)31/h3-7,13-14,17,20H,8-12,29H2,1-2H3/t13?,17?,20-,22?,24?/m0/s1. The molecule has 4 unspecified atom stereocenters. The molecule has 1 saturated carbocycles. The predicted octanol–water partition coefficient (Wildman–Crippen LogP) is 4.05. The fraction of sp³-hybridized carbons (Fsp3) is 0.583. The van der Waals surface area contributed by atoms with Gasteiger partial charge in [0, 0.05) is 11.0 Å². The molecule has 1 aromatic rings. The number of anilines is 1. The van der Waals surface area contributed by atoms with Gasteiger partial charge in [0.05, 0.1) is 11.3 Å². The number of para-hydroxylation sites is 1. The molecule has 2 aliphatic heterocycles. The highest BCUT2D eigenvalue weighted by Gasteiger charge is 2.73. The summed E-state index contributed by atoms with van der Waals surface area (Å²) >= 11 is 21.7. The van der Waals surface area contributed by atoms with Crippen molar-refractivity contribution in [3.63, 3.8) is 0 Å². The van der Waals surface area contributed by atoms with Crippen LogP contribution < -0.4 is 10.6 Å². The van der Waals surface area contributed by atoms with Gasteiger partial charge in [-0.3, -0.25) is 14.5 Å². The fourth-order valence-corrected chi connectivity index (χ4v) is 7.11. The molecule has 2 saturated heterocycles. The molecule has 2 amide bonds. The molecule has 208 valence electrons. The van der Waals surface area contributed by atoms with E-state index in [1.54, 1.807) is 37.3 Å². The van der Waals surface area contributed by atoms with Gasteiger partial charge < -0.3 is 20.1 Å². The van der Waals surface area contributed by atoms with Crippen LogP contribution in [0.2, 0.25) is 0 Å². The maximum atomic E-state index is 13.6. The van der Waals surface area contributed by atoms with Crippen molar-refractivity contribution in [3.8, 4) is 0 Å². The lowest BCUT2D eigenvalue weighted by Crippen LogP contribution is -2.81. The van der Waals surface area contributed by atoms with Crippen molar-refractivity contribution in [2.75, 3.05) is 23.4 Å². The van der Waals surface area contributed by atoms with E-state index in [1.807, 2.05) is 6.92 Å². The molecule has 2 heterocycles. The Bertz CT molecular complexity index is 1120. The van der Waals surface area contributed by atoms with Gasteiger partial charge in [-0.15, -0.1) is 11.8 Å². The molecule has 9 nitrogen and oxygen atoms in total. The summed E-state index contributed by atoms with van der Waals surface area (Å²) < 4.78 is 8.08. The Kier molecular flexibility index (Phi) is 8.58. The van der Waals surface area contributed by atoms with E-state index in [2.05, 4.69) is 15.9 Å². The minimum atomic E-state index is -1.96. The van der Waals surface area contributed by atoms with Crippen LogP contribution in [0.3, 0.4) is 0 Å². The van der Waals surface area contributed by atoms with Crippen LogP contribution in [0.25, 0.3) is 0 Å². The van der Waals surface area contributed by atoms with Crippen LogP contribution in [-0.2, 0) is 23.9 Å². The topological polar surface area (TPSA) is 119 Å². The quantitative estimate of drug-likeness (QED) is 0.181. The predicted molar refractivity (Wildman–Crippen MR) is 150 cm³/mol. The lowest BCUT2D eigenvalue weighted by atomic mass is 9.81. The first kappa shape index (κ1) is 29.7. The number of halogens is 4. The highest BCUT2D eigenvalue weighted by Crippen LogP contribution is 2.55. The second kappa shape index (κ2) is 11.0. The van der Waals surface area contributed by atoms with E-state index in [-0.39, 0.29) is 11.4 Å². The lowest BCUT2D eigenvalue weighted by Gasteiger charge is -2.50. The van der Waals surface area contributed by atoms with Gasteiger partial charge in [0.2, 0.25) is 3.79 Å². The molecule has 14 heteroatoms. The van der Waals surface area contributed by atoms with E-state index < -0.39 is 62.4 Å². The average molecular weight is 672 g/mol. The summed E-state index contributed by atoms with van der Waals surface area (Å²) in [5.41, 5.74) is 4.94. The number of nitrogens with zero attached hydrogens (tertiary/aromatic N) is 2. The molecular formula is C24H27BrCl3N3O6S. The van der Waals surface area contributed by atoms with Gasteiger partial charge in [-0.25, -0.2) is 9.59 Å². The zero-order valence-electron chi connectivity index (χ0n) is 20.6. The number of Topliss-reactive ketones (excluding diaryl/α,β-unsaturated/α-hetero) is 1. The average Bonchev–Trinajstić information content (AvgIpc) is 3.68. The number of ketones is 1. The van der Waals surface area contributed by atoms with Gasteiger partial charge in [-0.2, -0.15) is 0 Å². The highest BCUT2D eigenvalue weighted by atomic mass is 79.9. The second-order valence-electron chi connectivity index (χ2n) is 9.89. The first-order chi connectivity index (χ1) is 17.7. The molecule has 3 fully saturated rings. The van der Waals surface area contributed by atoms with Crippen LogP contribution in [-0.4, -0.2) is 78.7 Å². The molecule has 4 rings (SSSR count). The van der Waals surface area contributed by atoms with E-state index >= 15 is 0 Å². The van der Waals surface area contributed by atoms with Crippen LogP contribution in [0.15, 0.2) is 30.3 Å². The molecule has 1 aromatic carbocycles. The van der Waals surface area contributed by atoms with E-state index in [0.717, 1.165) is 12.8 Å². The Morgan fingerprint density at radius 1 is 1.26 bits per heavy atom. The molecule has 0 radical (unpaired) electrons. The number of carbonyl (C=O) groups is 4. The van der Waals surface area contributed by atoms with Gasteiger partial charge in [-0.05, 0) is 44.7 Å². The number of rotatable bonds is 9. The van der Waals surface area contributed by atoms with Crippen molar-refractivity contribution in [3.05, 3.63) is 30.3 Å². The summed E-state index contributed by atoms with van der Waals surface area (Å²) in [7, 11) is 0. The van der Waals surface area contributed by atoms with Gasteiger partial charge in [-0.1, -0.05) is 68.9 Å². The van der Waals surface area contributed by atoms with Crippen molar-refractivity contribution >= 4 is 91.9 Å². The third-order valence-corrected chi connectivity index (χ3v) is 10.6. The summed E-state index contributed by atoms with van der Waals surface area (Å²) in [6.45, 7) is 2.57. The molecule has 1 aliphatic carbocycles. The number of alkyl halides is 4. The Morgan fingerprint density at radius 3 is 2.45 bits per heavy atom. The Labute approximate surface area is 248 Å². The molecule has 2 N–H and O–H groups in total. The normalized spacial score (nSPS) is 29.2. The van der Waals surface area contributed by atoms with Crippen LogP contribution in [0, 0.1) is 5.92 Å². The van der Waals surface area contributed by atoms with E-state index in [0.29, 0.717) is 11.6 Å². The Morgan fingerprint density at radius 2 is 1.89 bits per heavy atom. The third kappa shape index (κ3) is 5.65. The third-order valence-electron chi connectivity index (χ3n) is 6.96. The number of amides is 2. The molecular weight excluding hydrogens is 645 g/mol. The number of fused-ring (bicyclic) bond motifs is 1. The summed E-state index contributed by atoms with van der Waals surface area (Å²) in [5.74, 6) is -1.90. The van der Waals surface area contributed by atoms with E-state index in [4.69, 9.17) is 50.0 Å². The van der Waals surface area contributed by atoms with Crippen molar-refractivity contribution in [1.29, 1.82) is 0 Å². The van der Waals surface area contributed by atoms with Crippen LogP contribution in [0.5, 0.6) is 0 Å². The summed E-state index contributed by atoms with van der Waals surface area (Å²) in [6.07, 6.45) is 0.950. The number of benzene rings is 1. The number of esters is 1. The largest absolute Gasteiger partial charge is 0.460 e. The highest BCUT2D eigenvalue weighted by molar-refractivity contribution is 9.09. The number of carbonyl (C=O) groups excluding carboxylic acids is 4. The van der Waals surface area contributed by atoms with Gasteiger partial charge in [0.1, 0.15) is 24.1 Å². The first-order valence-corrected chi connectivity index (χ1v) is 15.0. The Balaban J connectivity index is 1.55.